The fourth-order valence-corrected chi connectivity index (χ4v) is 10.4. The lowest BCUT2D eigenvalue weighted by Gasteiger charge is -2.36. The van der Waals surface area contributed by atoms with E-state index in [9.17, 15) is 0 Å². The fraction of sp³-hybridized carbons (Fsp3) is 0.111. The van der Waals surface area contributed by atoms with Crippen LogP contribution >= 0.6 is 0 Å². The first-order chi connectivity index (χ1) is 27.4. The molecular weight excluding hydrogens is 677 g/mol. The Morgan fingerprint density at radius 2 is 0.804 bits per heavy atom. The number of hydrogen-bond donors (Lipinski definition) is 0. The van der Waals surface area contributed by atoms with E-state index in [1.54, 1.807) is 0 Å². The maximum Gasteiger partial charge on any atom is 0.0547 e. The Morgan fingerprint density at radius 3 is 1.45 bits per heavy atom. The first-order valence-corrected chi connectivity index (χ1v) is 19.8. The van der Waals surface area contributed by atoms with Crippen LogP contribution in [0.1, 0.15) is 49.9 Å². The van der Waals surface area contributed by atoms with Gasteiger partial charge in [0, 0.05) is 32.9 Å². The topological polar surface area (TPSA) is 8.17 Å². The molecule has 2 nitrogen and oxygen atoms in total. The molecule has 2 heteroatoms. The van der Waals surface area contributed by atoms with E-state index >= 15 is 0 Å². The third kappa shape index (κ3) is 4.44. The summed E-state index contributed by atoms with van der Waals surface area (Å²) in [4.78, 5) is 2.61. The van der Waals surface area contributed by atoms with Crippen LogP contribution in [0.2, 0.25) is 0 Å². The average Bonchev–Trinajstić information content (AvgIpc) is 3.79. The average molecular weight is 719 g/mol. The molecule has 8 aromatic carbocycles. The van der Waals surface area contributed by atoms with Crippen molar-refractivity contribution in [3.63, 3.8) is 0 Å². The molecule has 0 N–H and O–H groups in total. The summed E-state index contributed by atoms with van der Waals surface area (Å²) in [5, 5.41) is 2.51. The number of benzene rings is 8. The maximum absolute atomic E-state index is 2.61. The third-order valence-corrected chi connectivity index (χ3v) is 12.7. The van der Waals surface area contributed by atoms with Gasteiger partial charge in [0.1, 0.15) is 0 Å². The van der Waals surface area contributed by atoms with Crippen LogP contribution in [0.3, 0.4) is 0 Å². The maximum atomic E-state index is 2.61. The Balaban J connectivity index is 1.24. The molecule has 0 amide bonds. The van der Waals surface area contributed by atoms with Crippen LogP contribution in [0.5, 0.6) is 0 Å². The SMILES string of the molecule is CC1(C)c2ccccc2-c2cccc(N(c3ccccc3-c3cccc4c3c3ccccc3n4-c3ccccc3)c3cccc4c3C(C)(C)c3ccccc3-4)c21. The molecule has 2 aliphatic carbocycles. The monoisotopic (exact) mass is 718 g/mol. The summed E-state index contributed by atoms with van der Waals surface area (Å²) in [5.74, 6) is 0. The Labute approximate surface area is 328 Å². The number of nitrogens with zero attached hydrogens (tertiary/aromatic N) is 2. The molecule has 1 aromatic heterocycles. The van der Waals surface area contributed by atoms with Crippen molar-refractivity contribution >= 4 is 38.9 Å². The number of para-hydroxylation sites is 3. The molecule has 0 saturated carbocycles. The van der Waals surface area contributed by atoms with E-state index in [1.165, 1.54) is 88.8 Å². The highest BCUT2D eigenvalue weighted by atomic mass is 15.2. The summed E-state index contributed by atoms with van der Waals surface area (Å²) in [5.41, 5.74) is 19.9. The van der Waals surface area contributed by atoms with Crippen molar-refractivity contribution in [1.29, 1.82) is 0 Å². The van der Waals surface area contributed by atoms with Crippen molar-refractivity contribution in [1.82, 2.24) is 4.57 Å². The van der Waals surface area contributed by atoms with Crippen molar-refractivity contribution < 1.29 is 0 Å². The predicted octanol–water partition coefficient (Wildman–Crippen LogP) is 14.5. The molecule has 268 valence electrons. The summed E-state index contributed by atoms with van der Waals surface area (Å²) >= 11 is 0. The molecule has 56 heavy (non-hydrogen) atoms. The van der Waals surface area contributed by atoms with Gasteiger partial charge in [-0.1, -0.05) is 167 Å². The Kier molecular flexibility index (Phi) is 6.98. The highest BCUT2D eigenvalue weighted by molar-refractivity contribution is 6.17. The molecule has 1 heterocycles. The van der Waals surface area contributed by atoms with Gasteiger partial charge in [-0.25, -0.2) is 0 Å². The van der Waals surface area contributed by atoms with Gasteiger partial charge in [-0.05, 0) is 92.5 Å². The molecular formula is C54H42N2. The van der Waals surface area contributed by atoms with Crippen LogP contribution in [0.4, 0.5) is 17.1 Å². The molecule has 2 aliphatic rings. The highest BCUT2D eigenvalue weighted by Crippen LogP contribution is 2.59. The molecule has 0 unspecified atom stereocenters. The van der Waals surface area contributed by atoms with Gasteiger partial charge >= 0.3 is 0 Å². The van der Waals surface area contributed by atoms with Crippen LogP contribution in [0.25, 0.3) is 60.9 Å². The van der Waals surface area contributed by atoms with Gasteiger partial charge in [0.05, 0.1) is 28.1 Å². The van der Waals surface area contributed by atoms with Gasteiger partial charge < -0.3 is 9.47 Å². The Morgan fingerprint density at radius 1 is 0.357 bits per heavy atom. The van der Waals surface area contributed by atoms with Crippen molar-refractivity contribution in [3.05, 3.63) is 204 Å². The van der Waals surface area contributed by atoms with E-state index in [1.807, 2.05) is 0 Å². The van der Waals surface area contributed by atoms with E-state index in [0.717, 1.165) is 11.4 Å². The third-order valence-electron chi connectivity index (χ3n) is 12.7. The molecule has 0 radical (unpaired) electrons. The molecule has 11 rings (SSSR count). The summed E-state index contributed by atoms with van der Waals surface area (Å²) in [6.07, 6.45) is 0. The van der Waals surface area contributed by atoms with Gasteiger partial charge in [0.2, 0.25) is 0 Å². The Hall–Kier alpha value is -6.64. The van der Waals surface area contributed by atoms with Gasteiger partial charge in [-0.3, -0.25) is 0 Å². The molecule has 0 bridgehead atoms. The van der Waals surface area contributed by atoms with E-state index in [2.05, 4.69) is 219 Å². The van der Waals surface area contributed by atoms with Crippen LogP contribution in [0, 0.1) is 0 Å². The summed E-state index contributed by atoms with van der Waals surface area (Å²) in [7, 11) is 0. The summed E-state index contributed by atoms with van der Waals surface area (Å²) in [6.45, 7) is 9.61. The molecule has 0 saturated heterocycles. The minimum Gasteiger partial charge on any atom is -0.309 e. The quantitative estimate of drug-likeness (QED) is 0.172. The van der Waals surface area contributed by atoms with Crippen molar-refractivity contribution in [2.45, 2.75) is 38.5 Å². The first kappa shape index (κ1) is 32.8. The molecule has 0 spiro atoms. The smallest absolute Gasteiger partial charge is 0.0547 e. The van der Waals surface area contributed by atoms with Gasteiger partial charge in [0.15, 0.2) is 0 Å². The first-order valence-electron chi connectivity index (χ1n) is 19.8. The van der Waals surface area contributed by atoms with Crippen molar-refractivity contribution in [2.75, 3.05) is 4.90 Å². The van der Waals surface area contributed by atoms with Crippen molar-refractivity contribution in [3.8, 4) is 39.1 Å². The van der Waals surface area contributed by atoms with Crippen LogP contribution in [0.15, 0.2) is 182 Å². The number of aromatic nitrogens is 1. The standard InChI is InChI=1S/C54H42N2/c1-53(2)43-28-12-8-21-36(43)40-26-17-33-48(51(40)53)56(49-34-18-27-41-37-22-9-13-29-44(37)54(3,4)52(41)49)45-30-14-10-23-38(45)39-25-16-32-47-50(39)42-24-11-15-31-46(42)55(47)35-19-6-5-7-20-35/h5-34H,1-4H3. The van der Waals surface area contributed by atoms with Gasteiger partial charge in [-0.15, -0.1) is 0 Å². The van der Waals surface area contributed by atoms with E-state index < -0.39 is 0 Å². The minimum absolute atomic E-state index is 0.213. The number of rotatable bonds is 5. The lowest BCUT2D eigenvalue weighted by atomic mass is 9.79. The predicted molar refractivity (Wildman–Crippen MR) is 236 cm³/mol. The second kappa shape index (κ2) is 11.9. The zero-order valence-electron chi connectivity index (χ0n) is 32.2. The minimum atomic E-state index is -0.213. The lowest BCUT2D eigenvalue weighted by molar-refractivity contribution is 0.656. The number of hydrogen-bond acceptors (Lipinski definition) is 1. The van der Waals surface area contributed by atoms with Gasteiger partial charge in [-0.2, -0.15) is 0 Å². The second-order valence-electron chi connectivity index (χ2n) is 16.5. The van der Waals surface area contributed by atoms with E-state index in [0.29, 0.717) is 0 Å². The molecule has 9 aromatic rings. The molecule has 0 fully saturated rings. The van der Waals surface area contributed by atoms with Crippen LogP contribution in [-0.2, 0) is 10.8 Å². The largest absolute Gasteiger partial charge is 0.309 e. The van der Waals surface area contributed by atoms with Crippen molar-refractivity contribution in [2.24, 2.45) is 0 Å². The number of anilines is 3. The molecule has 0 aliphatic heterocycles. The van der Waals surface area contributed by atoms with E-state index in [-0.39, 0.29) is 10.8 Å². The normalized spacial score (nSPS) is 14.4. The van der Waals surface area contributed by atoms with Gasteiger partial charge in [0.25, 0.3) is 0 Å². The van der Waals surface area contributed by atoms with Crippen LogP contribution in [-0.4, -0.2) is 4.57 Å². The zero-order chi connectivity index (χ0) is 37.8. The second-order valence-corrected chi connectivity index (χ2v) is 16.5. The zero-order valence-corrected chi connectivity index (χ0v) is 32.2. The lowest BCUT2D eigenvalue weighted by Crippen LogP contribution is -2.24. The highest BCUT2D eigenvalue weighted by Gasteiger charge is 2.42. The van der Waals surface area contributed by atoms with Crippen LogP contribution < -0.4 is 4.90 Å². The van der Waals surface area contributed by atoms with E-state index in [4.69, 9.17) is 0 Å². The molecule has 0 atom stereocenters. The fourth-order valence-electron chi connectivity index (χ4n) is 10.4. The summed E-state index contributed by atoms with van der Waals surface area (Å²) in [6, 6.07) is 67.4. The summed E-state index contributed by atoms with van der Waals surface area (Å²) < 4.78 is 2.42. The Bertz CT molecular complexity index is 2930. The number of fused-ring (bicyclic) bond motifs is 9.